The normalized spacial score (nSPS) is 16.1. The van der Waals surface area contributed by atoms with E-state index in [1.54, 1.807) is 0 Å². The van der Waals surface area contributed by atoms with E-state index in [0.29, 0.717) is 6.04 Å². The summed E-state index contributed by atoms with van der Waals surface area (Å²) in [4.78, 5) is 4.72. The summed E-state index contributed by atoms with van der Waals surface area (Å²) in [5.74, 6) is 0. The Bertz CT molecular complexity index is 144. The van der Waals surface area contributed by atoms with Crippen molar-refractivity contribution >= 4 is 0 Å². The van der Waals surface area contributed by atoms with Gasteiger partial charge >= 0.3 is 0 Å². The SMILES string of the molecule is CC(C)N1CCCC1.[CH2-]CN(C[CH2-])C(C)C.[Y]. The van der Waals surface area contributed by atoms with Gasteiger partial charge in [-0.05, 0) is 45.8 Å². The van der Waals surface area contributed by atoms with E-state index in [-0.39, 0.29) is 32.7 Å². The van der Waals surface area contributed by atoms with Gasteiger partial charge in [0.05, 0.1) is 0 Å². The summed E-state index contributed by atoms with van der Waals surface area (Å²) in [5.41, 5.74) is 0. The van der Waals surface area contributed by atoms with Gasteiger partial charge < -0.3 is 23.6 Å². The summed E-state index contributed by atoms with van der Waals surface area (Å²) in [5, 5.41) is 0. The molecule has 0 bridgehead atoms. The summed E-state index contributed by atoms with van der Waals surface area (Å²) in [6.45, 7) is 20.8. The fraction of sp³-hybridized carbons (Fsp3) is 0.857. The fourth-order valence-corrected chi connectivity index (χ4v) is 1.89. The van der Waals surface area contributed by atoms with Crippen LogP contribution in [0.1, 0.15) is 40.5 Å². The first-order valence-electron chi connectivity index (χ1n) is 6.59. The molecule has 101 valence electrons. The van der Waals surface area contributed by atoms with Gasteiger partial charge in [0.1, 0.15) is 0 Å². The van der Waals surface area contributed by atoms with E-state index < -0.39 is 0 Å². The predicted octanol–water partition coefficient (Wildman–Crippen LogP) is 2.85. The molecule has 1 heterocycles. The third kappa shape index (κ3) is 9.58. The number of hydrogen-bond donors (Lipinski definition) is 0. The van der Waals surface area contributed by atoms with Crippen LogP contribution in [-0.2, 0) is 32.7 Å². The number of hydrogen-bond acceptors (Lipinski definition) is 2. The van der Waals surface area contributed by atoms with E-state index in [0.717, 1.165) is 19.1 Å². The van der Waals surface area contributed by atoms with Gasteiger partial charge in [0.2, 0.25) is 0 Å². The van der Waals surface area contributed by atoms with Crippen molar-refractivity contribution < 1.29 is 32.7 Å². The molecule has 0 saturated carbocycles. The molecule has 1 rings (SSSR count). The van der Waals surface area contributed by atoms with Crippen molar-refractivity contribution in [1.82, 2.24) is 9.80 Å². The monoisotopic (exact) mass is 315 g/mol. The van der Waals surface area contributed by atoms with Crippen molar-refractivity contribution in [3.05, 3.63) is 13.8 Å². The molecule has 0 atom stereocenters. The van der Waals surface area contributed by atoms with Gasteiger partial charge in [0, 0.05) is 38.8 Å². The third-order valence-electron chi connectivity index (χ3n) is 3.18. The Morgan fingerprint density at radius 3 is 1.53 bits per heavy atom. The van der Waals surface area contributed by atoms with Crippen molar-refractivity contribution in [2.45, 2.75) is 52.6 Å². The Balaban J connectivity index is 0. The molecular formula is C14H30N2Y-2. The van der Waals surface area contributed by atoms with E-state index in [2.05, 4.69) is 51.3 Å². The average molecular weight is 315 g/mol. The minimum Gasteiger partial charge on any atom is -0.360 e. The predicted molar refractivity (Wildman–Crippen MR) is 73.4 cm³/mol. The maximum absolute atomic E-state index is 3.76. The summed E-state index contributed by atoms with van der Waals surface area (Å²) in [6, 6.07) is 1.36. The summed E-state index contributed by atoms with van der Waals surface area (Å²) in [7, 11) is 0. The number of rotatable bonds is 4. The van der Waals surface area contributed by atoms with E-state index in [4.69, 9.17) is 0 Å². The molecule has 0 aliphatic carbocycles. The minimum atomic E-state index is 0. The molecule has 2 nitrogen and oxygen atoms in total. The van der Waals surface area contributed by atoms with Crippen LogP contribution in [-0.4, -0.2) is 48.1 Å². The summed E-state index contributed by atoms with van der Waals surface area (Å²) in [6.07, 6.45) is 2.83. The Morgan fingerprint density at radius 2 is 1.41 bits per heavy atom. The molecule has 1 aliphatic rings. The molecule has 3 heteroatoms. The van der Waals surface area contributed by atoms with Crippen LogP contribution in [0, 0.1) is 13.8 Å². The Hall–Kier alpha value is 1.02. The van der Waals surface area contributed by atoms with Gasteiger partial charge in [-0.3, -0.25) is 0 Å². The first-order chi connectivity index (χ1) is 7.52. The zero-order valence-electron chi connectivity index (χ0n) is 12.3. The van der Waals surface area contributed by atoms with Gasteiger partial charge in [-0.2, -0.15) is 0 Å². The van der Waals surface area contributed by atoms with Crippen molar-refractivity contribution in [1.29, 1.82) is 0 Å². The molecule has 0 amide bonds. The van der Waals surface area contributed by atoms with Crippen LogP contribution in [0.5, 0.6) is 0 Å². The molecule has 0 unspecified atom stereocenters. The second kappa shape index (κ2) is 12.1. The molecule has 1 saturated heterocycles. The van der Waals surface area contributed by atoms with Crippen LogP contribution in [0.25, 0.3) is 0 Å². The minimum absolute atomic E-state index is 0. The van der Waals surface area contributed by atoms with Crippen LogP contribution < -0.4 is 0 Å². The van der Waals surface area contributed by atoms with Gasteiger partial charge in [-0.25, -0.2) is 0 Å². The third-order valence-corrected chi connectivity index (χ3v) is 3.18. The molecule has 1 aliphatic heterocycles. The van der Waals surface area contributed by atoms with Crippen LogP contribution in [0.4, 0.5) is 0 Å². The van der Waals surface area contributed by atoms with Crippen molar-refractivity contribution in [2.24, 2.45) is 0 Å². The Labute approximate surface area is 134 Å². The molecular weight excluding hydrogens is 285 g/mol. The first kappa shape index (κ1) is 20.3. The van der Waals surface area contributed by atoms with Crippen LogP contribution in [0.15, 0.2) is 0 Å². The van der Waals surface area contributed by atoms with Crippen LogP contribution in [0.3, 0.4) is 0 Å². The molecule has 0 N–H and O–H groups in total. The van der Waals surface area contributed by atoms with Gasteiger partial charge in [-0.15, -0.1) is 13.1 Å². The second-order valence-corrected chi connectivity index (χ2v) is 4.97. The van der Waals surface area contributed by atoms with Crippen LogP contribution >= 0.6 is 0 Å². The van der Waals surface area contributed by atoms with Gasteiger partial charge in [0.25, 0.3) is 0 Å². The molecule has 0 aromatic carbocycles. The molecule has 1 fully saturated rings. The molecule has 0 spiro atoms. The molecule has 1 radical (unpaired) electrons. The van der Waals surface area contributed by atoms with Crippen molar-refractivity contribution in [3.8, 4) is 0 Å². The standard InChI is InChI=1S/2C7H15N.Y/c1-7(2)8-5-3-4-6-8;1-5-8(6-2)7(3)4;/h7H,3-6H2,1-2H3;7H,1-2,5-6H2,3-4H3;/q;-2;. The van der Waals surface area contributed by atoms with E-state index in [1.807, 2.05) is 0 Å². The average Bonchev–Trinajstić information content (AvgIpc) is 2.72. The molecule has 0 aromatic heterocycles. The smallest absolute Gasteiger partial charge is 0.00385 e. The van der Waals surface area contributed by atoms with Crippen molar-refractivity contribution in [2.75, 3.05) is 26.2 Å². The van der Waals surface area contributed by atoms with Crippen molar-refractivity contribution in [3.63, 3.8) is 0 Å². The maximum atomic E-state index is 3.76. The van der Waals surface area contributed by atoms with Gasteiger partial charge in [-0.1, -0.05) is 13.8 Å². The fourth-order valence-electron chi connectivity index (χ4n) is 1.89. The van der Waals surface area contributed by atoms with E-state index in [9.17, 15) is 0 Å². The molecule has 0 aromatic rings. The first-order valence-corrected chi connectivity index (χ1v) is 6.59. The number of likely N-dealkylation sites (tertiary alicyclic amines) is 1. The molecule has 17 heavy (non-hydrogen) atoms. The summed E-state index contributed by atoms with van der Waals surface area (Å²) < 4.78 is 0. The number of nitrogens with zero attached hydrogens (tertiary/aromatic N) is 2. The Morgan fingerprint density at radius 1 is 1.00 bits per heavy atom. The topological polar surface area (TPSA) is 6.48 Å². The van der Waals surface area contributed by atoms with E-state index >= 15 is 0 Å². The Kier molecular flexibility index (Phi) is 14.5. The van der Waals surface area contributed by atoms with Crippen LogP contribution in [0.2, 0.25) is 0 Å². The summed E-state index contributed by atoms with van der Waals surface area (Å²) >= 11 is 0. The van der Waals surface area contributed by atoms with Gasteiger partial charge in [0.15, 0.2) is 0 Å². The zero-order chi connectivity index (χ0) is 12.6. The zero-order valence-corrected chi connectivity index (χ0v) is 15.1. The second-order valence-electron chi connectivity index (χ2n) is 4.97. The largest absolute Gasteiger partial charge is 0.360 e. The quantitative estimate of drug-likeness (QED) is 0.736. The maximum Gasteiger partial charge on any atom is 0.00385 e. The van der Waals surface area contributed by atoms with E-state index in [1.165, 1.54) is 25.9 Å².